The number of thioether (sulfide) groups is 1. The molecule has 0 saturated heterocycles. The van der Waals surface area contributed by atoms with Crippen LogP contribution in [0.5, 0.6) is 0 Å². The molecule has 3 N–H and O–H groups in total. The molecule has 0 fully saturated rings. The molecule has 0 spiro atoms. The fourth-order valence-corrected chi connectivity index (χ4v) is 3.12. The molecule has 0 aliphatic rings. The van der Waals surface area contributed by atoms with E-state index >= 15 is 0 Å². The molecule has 0 radical (unpaired) electrons. The molecule has 1 aromatic rings. The summed E-state index contributed by atoms with van der Waals surface area (Å²) in [6, 6.07) is 6.98. The quantitative estimate of drug-likeness (QED) is 0.745. The molecule has 0 aromatic heterocycles. The van der Waals surface area contributed by atoms with Crippen molar-refractivity contribution < 1.29 is 8.42 Å². The summed E-state index contributed by atoms with van der Waals surface area (Å²) in [6.45, 7) is 2.40. The second-order valence-corrected chi connectivity index (χ2v) is 7.74. The minimum absolute atomic E-state index is 0.0649. The zero-order chi connectivity index (χ0) is 14.5. The Morgan fingerprint density at radius 1 is 1.53 bits per heavy atom. The lowest BCUT2D eigenvalue weighted by Gasteiger charge is -2.11. The first kappa shape index (κ1) is 16.4. The van der Waals surface area contributed by atoms with Crippen LogP contribution in [0.3, 0.4) is 0 Å². The van der Waals surface area contributed by atoms with Gasteiger partial charge in [0.2, 0.25) is 10.0 Å². The number of rotatable bonds is 7. The lowest BCUT2D eigenvalue weighted by Crippen LogP contribution is -2.30. The Hall–Kier alpha value is -0.630. The summed E-state index contributed by atoms with van der Waals surface area (Å²) < 4.78 is 26.4. The minimum Gasteiger partial charge on any atom is -0.389 e. The SMILES string of the molecule is CSC(C)CNS(=O)(=O)Cc1cccc(C(N)=S)c1. The maximum Gasteiger partial charge on any atom is 0.215 e. The molecule has 4 nitrogen and oxygen atoms in total. The zero-order valence-electron chi connectivity index (χ0n) is 10.9. The van der Waals surface area contributed by atoms with E-state index in [0.717, 1.165) is 0 Å². The number of sulfonamides is 1. The average molecular weight is 318 g/mol. The number of thiocarbonyl (C=S) groups is 1. The van der Waals surface area contributed by atoms with Crippen molar-refractivity contribution in [3.63, 3.8) is 0 Å². The minimum atomic E-state index is -3.33. The molecule has 1 rings (SSSR count). The van der Waals surface area contributed by atoms with Crippen LogP contribution in [0.1, 0.15) is 18.1 Å². The first-order valence-electron chi connectivity index (χ1n) is 5.73. The van der Waals surface area contributed by atoms with E-state index in [2.05, 4.69) is 4.72 Å². The third kappa shape index (κ3) is 5.90. The Morgan fingerprint density at radius 3 is 2.79 bits per heavy atom. The number of nitrogens with two attached hydrogens (primary N) is 1. The molecule has 1 aromatic carbocycles. The number of hydrogen-bond acceptors (Lipinski definition) is 4. The van der Waals surface area contributed by atoms with E-state index in [9.17, 15) is 8.42 Å². The van der Waals surface area contributed by atoms with Gasteiger partial charge in [-0.25, -0.2) is 13.1 Å². The van der Waals surface area contributed by atoms with Gasteiger partial charge in [0.1, 0.15) is 4.99 Å². The second-order valence-electron chi connectivity index (χ2n) is 4.22. The molecule has 0 aliphatic carbocycles. The molecular weight excluding hydrogens is 300 g/mol. The van der Waals surface area contributed by atoms with Crippen LogP contribution in [0.15, 0.2) is 24.3 Å². The number of benzene rings is 1. The fourth-order valence-electron chi connectivity index (χ4n) is 1.41. The zero-order valence-corrected chi connectivity index (χ0v) is 13.4. The van der Waals surface area contributed by atoms with Crippen molar-refractivity contribution in [2.75, 3.05) is 12.8 Å². The van der Waals surface area contributed by atoms with Crippen LogP contribution in [-0.4, -0.2) is 31.5 Å². The van der Waals surface area contributed by atoms with E-state index in [1.54, 1.807) is 36.0 Å². The predicted molar refractivity (Wildman–Crippen MR) is 85.9 cm³/mol. The van der Waals surface area contributed by atoms with Gasteiger partial charge in [-0.05, 0) is 17.9 Å². The van der Waals surface area contributed by atoms with Gasteiger partial charge >= 0.3 is 0 Å². The third-order valence-corrected chi connectivity index (χ3v) is 5.09. The van der Waals surface area contributed by atoms with Gasteiger partial charge in [0.15, 0.2) is 0 Å². The van der Waals surface area contributed by atoms with Crippen LogP contribution in [0.4, 0.5) is 0 Å². The topological polar surface area (TPSA) is 72.2 Å². The van der Waals surface area contributed by atoms with Gasteiger partial charge < -0.3 is 5.73 Å². The van der Waals surface area contributed by atoms with E-state index < -0.39 is 10.0 Å². The smallest absolute Gasteiger partial charge is 0.215 e. The van der Waals surface area contributed by atoms with Crippen LogP contribution in [0, 0.1) is 0 Å². The number of nitrogens with one attached hydrogen (secondary N) is 1. The summed E-state index contributed by atoms with van der Waals surface area (Å²) in [4.78, 5) is 0.267. The van der Waals surface area contributed by atoms with Crippen LogP contribution >= 0.6 is 24.0 Å². The summed E-state index contributed by atoms with van der Waals surface area (Å²) in [6.07, 6.45) is 1.95. The van der Waals surface area contributed by atoms with Crippen molar-refractivity contribution in [2.24, 2.45) is 5.73 Å². The number of hydrogen-bond donors (Lipinski definition) is 2. The van der Waals surface area contributed by atoms with Gasteiger partial charge in [-0.1, -0.05) is 37.3 Å². The molecule has 1 atom stereocenters. The van der Waals surface area contributed by atoms with E-state index in [1.165, 1.54) is 0 Å². The van der Waals surface area contributed by atoms with Gasteiger partial charge in [0, 0.05) is 17.4 Å². The summed E-state index contributed by atoms with van der Waals surface area (Å²) >= 11 is 6.49. The highest BCUT2D eigenvalue weighted by Gasteiger charge is 2.13. The standard InChI is InChI=1S/C12H18N2O2S3/c1-9(18-2)7-14-19(15,16)8-10-4-3-5-11(6-10)12(13)17/h3-6,9,14H,7-8H2,1-2H3,(H2,13,17). The van der Waals surface area contributed by atoms with Gasteiger partial charge in [-0.2, -0.15) is 11.8 Å². The van der Waals surface area contributed by atoms with Crippen LogP contribution in [0.25, 0.3) is 0 Å². The monoisotopic (exact) mass is 318 g/mol. The van der Waals surface area contributed by atoms with Gasteiger partial charge in [0.25, 0.3) is 0 Å². The molecule has 106 valence electrons. The summed E-state index contributed by atoms with van der Waals surface area (Å²) in [5, 5.41) is 0.248. The highest BCUT2D eigenvalue weighted by molar-refractivity contribution is 7.99. The Kier molecular flexibility index (Phi) is 6.25. The van der Waals surface area contributed by atoms with Crippen molar-refractivity contribution in [3.05, 3.63) is 35.4 Å². The normalized spacial score (nSPS) is 13.2. The van der Waals surface area contributed by atoms with Crippen LogP contribution < -0.4 is 10.5 Å². The lowest BCUT2D eigenvalue weighted by molar-refractivity contribution is 0.580. The van der Waals surface area contributed by atoms with Crippen molar-refractivity contribution >= 4 is 39.0 Å². The molecule has 1 unspecified atom stereocenters. The van der Waals surface area contributed by atoms with Crippen molar-refractivity contribution in [2.45, 2.75) is 17.9 Å². The molecule has 7 heteroatoms. The average Bonchev–Trinajstić information content (AvgIpc) is 2.35. The first-order valence-corrected chi connectivity index (χ1v) is 9.08. The molecule has 0 bridgehead atoms. The summed E-state index contributed by atoms with van der Waals surface area (Å²) in [7, 11) is -3.33. The second kappa shape index (κ2) is 7.23. The maximum atomic E-state index is 11.9. The van der Waals surface area contributed by atoms with Crippen LogP contribution in [0.2, 0.25) is 0 Å². The Labute approximate surface area is 124 Å². The molecular formula is C12H18N2O2S3. The predicted octanol–water partition coefficient (Wildman–Crippen LogP) is 1.49. The van der Waals surface area contributed by atoms with Gasteiger partial charge in [-0.15, -0.1) is 0 Å². The van der Waals surface area contributed by atoms with E-state index in [-0.39, 0.29) is 16.0 Å². The molecule has 0 heterocycles. The van der Waals surface area contributed by atoms with Crippen molar-refractivity contribution in [1.29, 1.82) is 0 Å². The lowest BCUT2D eigenvalue weighted by atomic mass is 10.1. The molecule has 0 aliphatic heterocycles. The largest absolute Gasteiger partial charge is 0.389 e. The molecule has 0 saturated carbocycles. The maximum absolute atomic E-state index is 11.9. The molecule has 19 heavy (non-hydrogen) atoms. The van der Waals surface area contributed by atoms with E-state index in [4.69, 9.17) is 18.0 Å². The fraction of sp³-hybridized carbons (Fsp3) is 0.417. The summed E-state index contributed by atoms with van der Waals surface area (Å²) in [5.41, 5.74) is 6.88. The summed E-state index contributed by atoms with van der Waals surface area (Å²) in [5.74, 6) is -0.0649. The highest BCUT2D eigenvalue weighted by atomic mass is 32.2. The molecule has 0 amide bonds. The van der Waals surface area contributed by atoms with Crippen LogP contribution in [-0.2, 0) is 15.8 Å². The van der Waals surface area contributed by atoms with Gasteiger partial charge in [-0.3, -0.25) is 0 Å². The van der Waals surface area contributed by atoms with Gasteiger partial charge in [0.05, 0.1) is 5.75 Å². The first-order chi connectivity index (χ1) is 8.84. The third-order valence-electron chi connectivity index (χ3n) is 2.56. The Morgan fingerprint density at radius 2 is 2.21 bits per heavy atom. The van der Waals surface area contributed by atoms with E-state index in [0.29, 0.717) is 17.7 Å². The van der Waals surface area contributed by atoms with E-state index in [1.807, 2.05) is 13.2 Å². The Balaban J connectivity index is 2.72. The van der Waals surface area contributed by atoms with Crippen molar-refractivity contribution in [1.82, 2.24) is 4.72 Å². The van der Waals surface area contributed by atoms with Crippen molar-refractivity contribution in [3.8, 4) is 0 Å². The Bertz CT molecular complexity index is 544. The highest BCUT2D eigenvalue weighted by Crippen LogP contribution is 2.10.